The molecule has 0 unspecified atom stereocenters. The van der Waals surface area contributed by atoms with Crippen LogP contribution in [0.4, 0.5) is 10.5 Å². The van der Waals surface area contributed by atoms with Gasteiger partial charge in [-0.15, -0.1) is 0 Å². The first kappa shape index (κ1) is 23.5. The molecule has 1 aliphatic carbocycles. The fourth-order valence-electron chi connectivity index (χ4n) is 4.08. The highest BCUT2D eigenvalue weighted by Gasteiger charge is 2.29. The number of hydrogen-bond donors (Lipinski definition) is 2. The van der Waals surface area contributed by atoms with Gasteiger partial charge in [-0.25, -0.2) is 4.79 Å². The molecule has 8 heteroatoms. The number of nitrogens with zero attached hydrogens (tertiary/aromatic N) is 1. The Morgan fingerprint density at radius 2 is 1.62 bits per heavy atom. The van der Waals surface area contributed by atoms with E-state index in [1.54, 1.807) is 12.1 Å². The lowest BCUT2D eigenvalue weighted by Crippen LogP contribution is -2.29. The predicted octanol–water partition coefficient (Wildman–Crippen LogP) is 5.36. The van der Waals surface area contributed by atoms with Gasteiger partial charge in [0, 0.05) is 29.5 Å². The smallest absolute Gasteiger partial charge is 0.411 e. The molecule has 0 saturated carbocycles. The average molecular weight is 523 g/mol. The summed E-state index contributed by atoms with van der Waals surface area (Å²) in [5.74, 6) is -1.38. The molecular weight excluding hydrogens is 500 g/mol. The van der Waals surface area contributed by atoms with Crippen molar-refractivity contribution in [1.29, 1.82) is 0 Å². The van der Waals surface area contributed by atoms with Crippen molar-refractivity contribution >= 4 is 39.6 Å². The van der Waals surface area contributed by atoms with Crippen molar-refractivity contribution in [3.63, 3.8) is 0 Å². The van der Waals surface area contributed by atoms with Crippen molar-refractivity contribution in [3.8, 4) is 11.1 Å². The van der Waals surface area contributed by atoms with Crippen LogP contribution in [0.5, 0.6) is 0 Å². The Morgan fingerprint density at radius 3 is 2.24 bits per heavy atom. The monoisotopic (exact) mass is 522 g/mol. The van der Waals surface area contributed by atoms with Crippen LogP contribution in [0.15, 0.2) is 71.2 Å². The van der Waals surface area contributed by atoms with Crippen molar-refractivity contribution in [2.45, 2.75) is 12.3 Å². The van der Waals surface area contributed by atoms with E-state index in [1.807, 2.05) is 36.4 Å². The number of amides is 2. The fraction of sp³-hybridized carbons (Fsp3) is 0.192. The van der Waals surface area contributed by atoms with Crippen LogP contribution in [0, 0.1) is 0 Å². The van der Waals surface area contributed by atoms with E-state index >= 15 is 0 Å². The Kier molecular flexibility index (Phi) is 6.98. The maximum absolute atomic E-state index is 12.6. The third-order valence-electron chi connectivity index (χ3n) is 5.80. The largest absolute Gasteiger partial charge is 0.481 e. The fourth-order valence-corrected chi connectivity index (χ4v) is 4.43. The molecule has 0 radical (unpaired) electrons. The zero-order valence-electron chi connectivity index (χ0n) is 18.5. The molecule has 7 nitrogen and oxygen atoms in total. The van der Waals surface area contributed by atoms with E-state index in [1.165, 1.54) is 18.0 Å². The first-order valence-corrected chi connectivity index (χ1v) is 11.5. The number of carbonyl (C=O) groups is 3. The van der Waals surface area contributed by atoms with Crippen molar-refractivity contribution in [1.82, 2.24) is 4.90 Å². The maximum Gasteiger partial charge on any atom is 0.411 e. The van der Waals surface area contributed by atoms with Crippen LogP contribution in [-0.4, -0.2) is 48.2 Å². The molecule has 34 heavy (non-hydrogen) atoms. The summed E-state index contributed by atoms with van der Waals surface area (Å²) in [7, 11) is 1.53. The van der Waals surface area contributed by atoms with Crippen LogP contribution in [0.2, 0.25) is 0 Å². The zero-order chi connectivity index (χ0) is 24.2. The highest BCUT2D eigenvalue weighted by Crippen LogP contribution is 2.44. The molecule has 0 heterocycles. The quantitative estimate of drug-likeness (QED) is 0.435. The SMILES string of the molecule is CN(CCC(=O)O)C(=O)c1ccc(Br)c(NC(=O)OCC2c3ccccc3-c3ccccc32)c1. The van der Waals surface area contributed by atoms with Gasteiger partial charge < -0.3 is 14.7 Å². The summed E-state index contributed by atoms with van der Waals surface area (Å²) in [5, 5.41) is 11.5. The first-order valence-electron chi connectivity index (χ1n) is 10.7. The molecule has 0 bridgehead atoms. The second kappa shape index (κ2) is 10.1. The summed E-state index contributed by atoms with van der Waals surface area (Å²) in [6, 6.07) is 21.0. The lowest BCUT2D eigenvalue weighted by atomic mass is 9.98. The van der Waals surface area contributed by atoms with Gasteiger partial charge in [-0.3, -0.25) is 14.9 Å². The van der Waals surface area contributed by atoms with Gasteiger partial charge in [0.05, 0.1) is 12.1 Å². The molecule has 0 fully saturated rings. The minimum Gasteiger partial charge on any atom is -0.481 e. The van der Waals surface area contributed by atoms with E-state index in [0.717, 1.165) is 22.3 Å². The topological polar surface area (TPSA) is 95.9 Å². The first-order chi connectivity index (χ1) is 16.3. The molecule has 2 amide bonds. The number of carboxylic acids is 1. The van der Waals surface area contributed by atoms with E-state index in [0.29, 0.717) is 15.7 Å². The van der Waals surface area contributed by atoms with Crippen LogP contribution in [0.25, 0.3) is 11.1 Å². The molecule has 2 N–H and O–H groups in total. The van der Waals surface area contributed by atoms with E-state index in [-0.39, 0.29) is 31.4 Å². The normalized spacial score (nSPS) is 11.9. The summed E-state index contributed by atoms with van der Waals surface area (Å²) in [4.78, 5) is 37.3. The number of nitrogens with one attached hydrogen (secondary N) is 1. The number of carbonyl (C=O) groups excluding carboxylic acids is 2. The number of rotatable bonds is 7. The number of halogens is 1. The van der Waals surface area contributed by atoms with Crippen molar-refractivity contribution in [3.05, 3.63) is 87.9 Å². The van der Waals surface area contributed by atoms with Gasteiger partial charge in [-0.05, 0) is 56.4 Å². The molecule has 3 aromatic rings. The van der Waals surface area contributed by atoms with Crippen LogP contribution in [-0.2, 0) is 9.53 Å². The zero-order valence-corrected chi connectivity index (χ0v) is 20.0. The van der Waals surface area contributed by atoms with Gasteiger partial charge in [-0.2, -0.15) is 0 Å². The molecule has 0 spiro atoms. The van der Waals surface area contributed by atoms with E-state index in [9.17, 15) is 14.4 Å². The third kappa shape index (κ3) is 4.97. The molecular formula is C26H23BrN2O5. The minimum absolute atomic E-state index is 0.0580. The molecule has 0 aromatic heterocycles. The lowest BCUT2D eigenvalue weighted by Gasteiger charge is -2.17. The second-order valence-electron chi connectivity index (χ2n) is 8.02. The summed E-state index contributed by atoms with van der Waals surface area (Å²) < 4.78 is 6.17. The maximum atomic E-state index is 12.6. The molecule has 4 rings (SSSR count). The van der Waals surface area contributed by atoms with Crippen LogP contribution >= 0.6 is 15.9 Å². The molecule has 3 aromatic carbocycles. The highest BCUT2D eigenvalue weighted by molar-refractivity contribution is 9.10. The Morgan fingerprint density at radius 1 is 1.00 bits per heavy atom. The molecule has 0 atom stereocenters. The van der Waals surface area contributed by atoms with Crippen molar-refractivity contribution in [2.24, 2.45) is 0 Å². The molecule has 0 saturated heterocycles. The molecule has 0 aliphatic heterocycles. The number of ether oxygens (including phenoxy) is 1. The van der Waals surface area contributed by atoms with E-state index < -0.39 is 12.1 Å². The Hall–Kier alpha value is -3.65. The number of aliphatic carboxylic acids is 1. The second-order valence-corrected chi connectivity index (χ2v) is 8.87. The van der Waals surface area contributed by atoms with Gasteiger partial charge in [0.15, 0.2) is 0 Å². The number of benzene rings is 3. The third-order valence-corrected chi connectivity index (χ3v) is 6.49. The van der Waals surface area contributed by atoms with Gasteiger partial charge in [0.2, 0.25) is 0 Å². The number of fused-ring (bicyclic) bond motifs is 3. The highest BCUT2D eigenvalue weighted by atomic mass is 79.9. The Bertz CT molecular complexity index is 1210. The Balaban J connectivity index is 1.43. The lowest BCUT2D eigenvalue weighted by molar-refractivity contribution is -0.137. The standard InChI is InChI=1S/C26H23BrN2O5/c1-29(13-12-24(30)31)25(32)16-10-11-22(27)23(14-16)28-26(33)34-15-21-19-8-4-2-6-17(19)18-7-3-5-9-20(18)21/h2-11,14,21H,12-13,15H2,1H3,(H,28,33)(H,30,31). The average Bonchev–Trinajstić information content (AvgIpc) is 3.16. The van der Waals surface area contributed by atoms with Crippen LogP contribution in [0.3, 0.4) is 0 Å². The molecule has 1 aliphatic rings. The van der Waals surface area contributed by atoms with Gasteiger partial charge in [-0.1, -0.05) is 48.5 Å². The Labute approximate surface area is 205 Å². The van der Waals surface area contributed by atoms with Gasteiger partial charge in [0.25, 0.3) is 5.91 Å². The van der Waals surface area contributed by atoms with Crippen molar-refractivity contribution < 1.29 is 24.2 Å². The summed E-state index contributed by atoms with van der Waals surface area (Å²) in [6.07, 6.45) is -0.782. The predicted molar refractivity (Wildman–Crippen MR) is 132 cm³/mol. The van der Waals surface area contributed by atoms with E-state index in [2.05, 4.69) is 33.4 Å². The van der Waals surface area contributed by atoms with Crippen LogP contribution < -0.4 is 5.32 Å². The van der Waals surface area contributed by atoms with Crippen LogP contribution in [0.1, 0.15) is 33.8 Å². The van der Waals surface area contributed by atoms with Crippen molar-refractivity contribution in [2.75, 3.05) is 25.5 Å². The minimum atomic E-state index is -0.979. The molecule has 174 valence electrons. The van der Waals surface area contributed by atoms with Gasteiger partial charge in [0.1, 0.15) is 6.61 Å². The number of carboxylic acid groups (broad SMARTS) is 1. The number of anilines is 1. The summed E-state index contributed by atoms with van der Waals surface area (Å²) in [5.41, 5.74) is 5.24. The summed E-state index contributed by atoms with van der Waals surface area (Å²) >= 11 is 3.38. The number of hydrogen-bond acceptors (Lipinski definition) is 4. The van der Waals surface area contributed by atoms with Gasteiger partial charge >= 0.3 is 12.1 Å². The summed E-state index contributed by atoms with van der Waals surface area (Å²) in [6.45, 7) is 0.257. The van der Waals surface area contributed by atoms with E-state index in [4.69, 9.17) is 9.84 Å².